The fourth-order valence-corrected chi connectivity index (χ4v) is 2.71. The second-order valence-corrected chi connectivity index (χ2v) is 5.86. The van der Waals surface area contributed by atoms with E-state index in [0.29, 0.717) is 11.1 Å². The SMILES string of the molecule is O=C(OCCOc1ccccc1F)C(O)(c1ccccc1)c1ccccc1. The highest BCUT2D eigenvalue weighted by atomic mass is 19.1. The summed E-state index contributed by atoms with van der Waals surface area (Å²) in [4.78, 5) is 12.7. The van der Waals surface area contributed by atoms with Gasteiger partial charge < -0.3 is 14.6 Å². The molecule has 27 heavy (non-hydrogen) atoms. The Morgan fingerprint density at radius 2 is 1.33 bits per heavy atom. The number of benzene rings is 3. The van der Waals surface area contributed by atoms with Crippen molar-refractivity contribution in [2.75, 3.05) is 13.2 Å². The van der Waals surface area contributed by atoms with E-state index in [1.54, 1.807) is 72.8 Å². The number of para-hydroxylation sites is 1. The van der Waals surface area contributed by atoms with E-state index in [1.807, 2.05) is 0 Å². The van der Waals surface area contributed by atoms with Crippen LogP contribution in [0.3, 0.4) is 0 Å². The van der Waals surface area contributed by atoms with Crippen molar-refractivity contribution < 1.29 is 23.8 Å². The molecule has 3 aromatic carbocycles. The van der Waals surface area contributed by atoms with Gasteiger partial charge in [0.15, 0.2) is 11.6 Å². The number of carbonyl (C=O) groups excluding carboxylic acids is 1. The van der Waals surface area contributed by atoms with Crippen molar-refractivity contribution in [1.29, 1.82) is 0 Å². The van der Waals surface area contributed by atoms with Crippen molar-refractivity contribution in [2.45, 2.75) is 5.60 Å². The largest absolute Gasteiger partial charge is 0.487 e. The Hall–Kier alpha value is -3.18. The Kier molecular flexibility index (Phi) is 5.84. The van der Waals surface area contributed by atoms with Gasteiger partial charge in [-0.2, -0.15) is 0 Å². The van der Waals surface area contributed by atoms with Crippen LogP contribution in [0.5, 0.6) is 5.75 Å². The Balaban J connectivity index is 1.72. The Bertz CT molecular complexity index is 842. The van der Waals surface area contributed by atoms with Crippen molar-refractivity contribution in [3.05, 3.63) is 102 Å². The molecule has 0 spiro atoms. The van der Waals surface area contributed by atoms with Gasteiger partial charge in [0.25, 0.3) is 0 Å². The van der Waals surface area contributed by atoms with Crippen LogP contribution < -0.4 is 4.74 Å². The van der Waals surface area contributed by atoms with Gasteiger partial charge in [-0.3, -0.25) is 0 Å². The van der Waals surface area contributed by atoms with Gasteiger partial charge in [-0.05, 0) is 23.3 Å². The van der Waals surface area contributed by atoms with Crippen molar-refractivity contribution in [2.24, 2.45) is 0 Å². The highest BCUT2D eigenvalue weighted by molar-refractivity contribution is 5.85. The molecule has 3 rings (SSSR count). The topological polar surface area (TPSA) is 55.8 Å². The summed E-state index contributed by atoms with van der Waals surface area (Å²) in [5.41, 5.74) is -1.15. The van der Waals surface area contributed by atoms with E-state index in [-0.39, 0.29) is 19.0 Å². The van der Waals surface area contributed by atoms with Crippen molar-refractivity contribution in [1.82, 2.24) is 0 Å². The lowest BCUT2D eigenvalue weighted by atomic mass is 9.86. The summed E-state index contributed by atoms with van der Waals surface area (Å²) in [5, 5.41) is 11.2. The van der Waals surface area contributed by atoms with E-state index in [0.717, 1.165) is 0 Å². The molecule has 0 bridgehead atoms. The first-order chi connectivity index (χ1) is 13.1. The molecule has 0 radical (unpaired) electrons. The van der Waals surface area contributed by atoms with Gasteiger partial charge in [0.1, 0.15) is 13.2 Å². The molecular weight excluding hydrogens is 347 g/mol. The summed E-state index contributed by atoms with van der Waals surface area (Å²) in [7, 11) is 0. The number of rotatable bonds is 7. The molecule has 0 saturated heterocycles. The molecule has 4 nitrogen and oxygen atoms in total. The lowest BCUT2D eigenvalue weighted by molar-refractivity contribution is -0.162. The molecule has 0 aliphatic carbocycles. The number of ether oxygens (including phenoxy) is 2. The van der Waals surface area contributed by atoms with E-state index in [9.17, 15) is 14.3 Å². The highest BCUT2D eigenvalue weighted by Crippen LogP contribution is 2.31. The van der Waals surface area contributed by atoms with Gasteiger partial charge in [-0.1, -0.05) is 72.8 Å². The van der Waals surface area contributed by atoms with Crippen LogP contribution in [0, 0.1) is 5.82 Å². The second kappa shape index (κ2) is 8.47. The minimum Gasteiger partial charge on any atom is -0.487 e. The molecule has 0 amide bonds. The number of aliphatic hydroxyl groups is 1. The number of carbonyl (C=O) groups is 1. The van der Waals surface area contributed by atoms with E-state index < -0.39 is 17.4 Å². The zero-order valence-corrected chi connectivity index (χ0v) is 14.5. The molecule has 0 fully saturated rings. The van der Waals surface area contributed by atoms with Crippen LogP contribution in [-0.4, -0.2) is 24.3 Å². The van der Waals surface area contributed by atoms with Crippen LogP contribution in [-0.2, 0) is 15.1 Å². The summed E-state index contributed by atoms with van der Waals surface area (Å²) < 4.78 is 24.1. The summed E-state index contributed by atoms with van der Waals surface area (Å²) >= 11 is 0. The minimum atomic E-state index is -1.94. The zero-order chi connectivity index (χ0) is 19.1. The first-order valence-electron chi connectivity index (χ1n) is 8.50. The lowest BCUT2D eigenvalue weighted by Gasteiger charge is -2.27. The van der Waals surface area contributed by atoms with Gasteiger partial charge in [-0.25, -0.2) is 9.18 Å². The zero-order valence-electron chi connectivity index (χ0n) is 14.5. The molecule has 138 valence electrons. The normalized spacial score (nSPS) is 11.0. The fraction of sp³-hybridized carbons (Fsp3) is 0.136. The van der Waals surface area contributed by atoms with Gasteiger partial charge >= 0.3 is 5.97 Å². The first-order valence-corrected chi connectivity index (χ1v) is 8.50. The molecule has 3 aromatic rings. The lowest BCUT2D eigenvalue weighted by Crippen LogP contribution is -2.39. The smallest absolute Gasteiger partial charge is 0.347 e. The number of hydrogen-bond donors (Lipinski definition) is 1. The van der Waals surface area contributed by atoms with Gasteiger partial charge in [-0.15, -0.1) is 0 Å². The predicted molar refractivity (Wildman–Crippen MR) is 98.7 cm³/mol. The number of halogens is 1. The number of esters is 1. The summed E-state index contributed by atoms with van der Waals surface area (Å²) in [6, 6.07) is 23.1. The van der Waals surface area contributed by atoms with E-state index in [4.69, 9.17) is 9.47 Å². The van der Waals surface area contributed by atoms with Crippen molar-refractivity contribution >= 4 is 5.97 Å². The molecular formula is C22H19FO4. The molecule has 0 aliphatic rings. The highest BCUT2D eigenvalue weighted by Gasteiger charge is 2.41. The van der Waals surface area contributed by atoms with Crippen LogP contribution in [0.25, 0.3) is 0 Å². The predicted octanol–water partition coefficient (Wildman–Crippen LogP) is 3.68. The third kappa shape index (κ3) is 4.15. The third-order valence-corrected chi connectivity index (χ3v) is 4.09. The van der Waals surface area contributed by atoms with Gasteiger partial charge in [0.2, 0.25) is 5.60 Å². The van der Waals surface area contributed by atoms with Crippen molar-refractivity contribution in [3.8, 4) is 5.75 Å². The third-order valence-electron chi connectivity index (χ3n) is 4.09. The second-order valence-electron chi connectivity index (χ2n) is 5.86. The molecule has 0 saturated carbocycles. The molecule has 0 atom stereocenters. The Morgan fingerprint density at radius 3 is 1.89 bits per heavy atom. The van der Waals surface area contributed by atoms with E-state index in [1.165, 1.54) is 12.1 Å². The Labute approximate surface area is 156 Å². The average molecular weight is 366 g/mol. The molecule has 0 aromatic heterocycles. The molecule has 5 heteroatoms. The quantitative estimate of drug-likeness (QED) is 0.512. The minimum absolute atomic E-state index is 0.0354. The van der Waals surface area contributed by atoms with Crippen LogP contribution in [0.1, 0.15) is 11.1 Å². The molecule has 0 heterocycles. The average Bonchev–Trinajstić information content (AvgIpc) is 2.73. The maximum atomic E-state index is 13.5. The maximum Gasteiger partial charge on any atom is 0.347 e. The molecule has 0 aliphatic heterocycles. The summed E-state index contributed by atoms with van der Waals surface area (Å²) in [5.74, 6) is -1.24. The van der Waals surface area contributed by atoms with E-state index in [2.05, 4.69) is 0 Å². The first kappa shape index (κ1) is 18.6. The summed E-state index contributed by atoms with van der Waals surface area (Å²) in [6.45, 7) is -0.165. The van der Waals surface area contributed by atoms with Crippen LogP contribution in [0.2, 0.25) is 0 Å². The number of hydrogen-bond acceptors (Lipinski definition) is 4. The van der Waals surface area contributed by atoms with Gasteiger partial charge in [0.05, 0.1) is 0 Å². The van der Waals surface area contributed by atoms with E-state index >= 15 is 0 Å². The monoisotopic (exact) mass is 366 g/mol. The van der Waals surface area contributed by atoms with Crippen LogP contribution in [0.15, 0.2) is 84.9 Å². The standard InChI is InChI=1S/C22H19FO4/c23-19-13-7-8-14-20(19)26-15-16-27-21(24)22(25,17-9-3-1-4-10-17)18-11-5-2-6-12-18/h1-14,25H,15-16H2. The molecule has 1 N–H and O–H groups in total. The summed E-state index contributed by atoms with van der Waals surface area (Å²) in [6.07, 6.45) is 0. The van der Waals surface area contributed by atoms with Crippen molar-refractivity contribution in [3.63, 3.8) is 0 Å². The van der Waals surface area contributed by atoms with Crippen LogP contribution in [0.4, 0.5) is 4.39 Å². The molecule has 0 unspecified atom stereocenters. The van der Waals surface area contributed by atoms with Gasteiger partial charge in [0, 0.05) is 0 Å². The fourth-order valence-electron chi connectivity index (χ4n) is 2.71. The maximum absolute atomic E-state index is 13.5. The van der Waals surface area contributed by atoms with Crippen LogP contribution >= 0.6 is 0 Å². The Morgan fingerprint density at radius 1 is 0.815 bits per heavy atom.